The maximum Gasteiger partial charge on any atom is 0.0499 e. The zero-order valence-electron chi connectivity index (χ0n) is 9.88. The minimum atomic E-state index is 0.268. The Balaban J connectivity index is 1.87. The Labute approximate surface area is 93.7 Å². The van der Waals surface area contributed by atoms with E-state index in [9.17, 15) is 5.11 Å². The van der Waals surface area contributed by atoms with Gasteiger partial charge in [0.25, 0.3) is 0 Å². The van der Waals surface area contributed by atoms with E-state index in [0.29, 0.717) is 6.61 Å². The highest BCUT2D eigenvalue weighted by Gasteiger charge is 2.34. The van der Waals surface area contributed by atoms with Crippen LogP contribution < -0.4 is 0 Å². The van der Waals surface area contributed by atoms with Crippen molar-refractivity contribution in [2.45, 2.75) is 51.4 Å². The van der Waals surface area contributed by atoms with Gasteiger partial charge in [0.2, 0.25) is 0 Å². The summed E-state index contributed by atoms with van der Waals surface area (Å²) in [6, 6.07) is 0. The van der Waals surface area contributed by atoms with Gasteiger partial charge in [-0.3, -0.25) is 0 Å². The minimum absolute atomic E-state index is 0.268. The Morgan fingerprint density at radius 2 is 1.47 bits per heavy atom. The van der Waals surface area contributed by atoms with Crippen molar-refractivity contribution >= 4 is 0 Å². The molecule has 1 heterocycles. The van der Waals surface area contributed by atoms with Crippen LogP contribution in [0.25, 0.3) is 0 Å². The van der Waals surface area contributed by atoms with Crippen LogP contribution in [0.4, 0.5) is 0 Å². The number of rotatable bonds is 3. The van der Waals surface area contributed by atoms with E-state index in [4.69, 9.17) is 0 Å². The van der Waals surface area contributed by atoms with Gasteiger partial charge in [-0.1, -0.05) is 25.7 Å². The van der Waals surface area contributed by atoms with Gasteiger partial charge in [-0.15, -0.1) is 0 Å². The molecule has 1 saturated carbocycles. The molecular weight excluding hydrogens is 186 g/mol. The Kier molecular flexibility index (Phi) is 4.04. The monoisotopic (exact) mass is 211 g/mol. The number of aliphatic hydroxyl groups is 1. The first-order valence-corrected chi connectivity index (χ1v) is 6.68. The van der Waals surface area contributed by atoms with Crippen LogP contribution in [0.3, 0.4) is 0 Å². The maximum absolute atomic E-state index is 9.59. The molecule has 1 aliphatic carbocycles. The van der Waals surface area contributed by atoms with Crippen LogP contribution in [0, 0.1) is 5.41 Å². The van der Waals surface area contributed by atoms with Gasteiger partial charge in [0.15, 0.2) is 0 Å². The molecule has 2 aliphatic rings. The normalized spacial score (nSPS) is 27.8. The summed E-state index contributed by atoms with van der Waals surface area (Å²) in [5.41, 5.74) is 0.268. The highest BCUT2D eigenvalue weighted by molar-refractivity contribution is 4.87. The molecule has 0 aromatic heterocycles. The largest absolute Gasteiger partial charge is 0.396 e. The van der Waals surface area contributed by atoms with Crippen LogP contribution in [-0.2, 0) is 0 Å². The van der Waals surface area contributed by atoms with Crippen LogP contribution in [0.15, 0.2) is 0 Å². The maximum atomic E-state index is 9.59. The highest BCUT2D eigenvalue weighted by atomic mass is 16.3. The fourth-order valence-corrected chi connectivity index (χ4v) is 3.26. The van der Waals surface area contributed by atoms with Crippen LogP contribution in [0.2, 0.25) is 0 Å². The van der Waals surface area contributed by atoms with E-state index in [1.165, 1.54) is 64.5 Å². The van der Waals surface area contributed by atoms with Crippen molar-refractivity contribution in [3.05, 3.63) is 0 Å². The smallest absolute Gasteiger partial charge is 0.0499 e. The summed E-state index contributed by atoms with van der Waals surface area (Å²) in [6.07, 6.45) is 10.7. The van der Waals surface area contributed by atoms with Crippen LogP contribution in [0.1, 0.15) is 51.4 Å². The van der Waals surface area contributed by atoms with Gasteiger partial charge in [-0.05, 0) is 38.8 Å². The van der Waals surface area contributed by atoms with Gasteiger partial charge in [-0.2, -0.15) is 0 Å². The van der Waals surface area contributed by atoms with Gasteiger partial charge in [0, 0.05) is 18.6 Å². The number of hydrogen-bond acceptors (Lipinski definition) is 2. The molecular formula is C13H25NO. The summed E-state index contributed by atoms with van der Waals surface area (Å²) >= 11 is 0. The van der Waals surface area contributed by atoms with Crippen LogP contribution >= 0.6 is 0 Å². The second-order valence-corrected chi connectivity index (χ2v) is 5.56. The second kappa shape index (κ2) is 5.31. The van der Waals surface area contributed by atoms with Crippen molar-refractivity contribution in [2.75, 3.05) is 26.2 Å². The molecule has 0 aromatic rings. The van der Waals surface area contributed by atoms with Gasteiger partial charge in [-0.25, -0.2) is 0 Å². The van der Waals surface area contributed by atoms with Crippen LogP contribution in [0.5, 0.6) is 0 Å². The molecule has 1 aliphatic heterocycles. The molecule has 0 atom stereocenters. The SMILES string of the molecule is OCC1(CN2CCCCCC2)CCCC1. The average Bonchev–Trinajstić information content (AvgIpc) is 2.57. The van der Waals surface area contributed by atoms with Crippen molar-refractivity contribution < 1.29 is 5.11 Å². The Morgan fingerprint density at radius 3 is 2.00 bits per heavy atom. The first-order chi connectivity index (χ1) is 7.35. The predicted molar refractivity (Wildman–Crippen MR) is 62.9 cm³/mol. The third kappa shape index (κ3) is 2.94. The van der Waals surface area contributed by atoms with E-state index in [1.54, 1.807) is 0 Å². The zero-order valence-corrected chi connectivity index (χ0v) is 9.88. The number of nitrogens with zero attached hydrogens (tertiary/aromatic N) is 1. The quantitative estimate of drug-likeness (QED) is 0.775. The molecule has 0 spiro atoms. The first kappa shape index (κ1) is 11.4. The molecule has 2 heteroatoms. The zero-order chi connectivity index (χ0) is 10.6. The lowest BCUT2D eigenvalue weighted by Crippen LogP contribution is -2.39. The van der Waals surface area contributed by atoms with Gasteiger partial charge >= 0.3 is 0 Å². The summed E-state index contributed by atoms with van der Waals surface area (Å²) in [7, 11) is 0. The lowest BCUT2D eigenvalue weighted by molar-refractivity contribution is 0.0797. The van der Waals surface area contributed by atoms with Crippen molar-refractivity contribution in [3.63, 3.8) is 0 Å². The third-order valence-electron chi connectivity index (χ3n) is 4.26. The fourth-order valence-electron chi connectivity index (χ4n) is 3.26. The molecule has 88 valence electrons. The van der Waals surface area contributed by atoms with Crippen molar-refractivity contribution in [1.82, 2.24) is 4.90 Å². The highest BCUT2D eigenvalue weighted by Crippen LogP contribution is 2.38. The van der Waals surface area contributed by atoms with E-state index >= 15 is 0 Å². The molecule has 2 fully saturated rings. The average molecular weight is 211 g/mol. The van der Waals surface area contributed by atoms with Gasteiger partial charge < -0.3 is 10.0 Å². The second-order valence-electron chi connectivity index (χ2n) is 5.56. The molecule has 0 amide bonds. The molecule has 1 saturated heterocycles. The molecule has 2 nitrogen and oxygen atoms in total. The molecule has 2 rings (SSSR count). The molecule has 0 radical (unpaired) electrons. The van der Waals surface area contributed by atoms with Crippen LogP contribution in [-0.4, -0.2) is 36.2 Å². The Bertz CT molecular complexity index is 179. The molecule has 15 heavy (non-hydrogen) atoms. The fraction of sp³-hybridized carbons (Fsp3) is 1.00. The molecule has 0 bridgehead atoms. The standard InChI is InChI=1S/C13H25NO/c15-12-13(7-3-4-8-13)11-14-9-5-1-2-6-10-14/h15H,1-12H2. The molecule has 0 unspecified atom stereocenters. The lowest BCUT2D eigenvalue weighted by atomic mass is 9.86. The van der Waals surface area contributed by atoms with E-state index in [2.05, 4.69) is 4.90 Å². The lowest BCUT2D eigenvalue weighted by Gasteiger charge is -2.33. The van der Waals surface area contributed by atoms with E-state index in [-0.39, 0.29) is 5.41 Å². The van der Waals surface area contributed by atoms with Crippen molar-refractivity contribution in [2.24, 2.45) is 5.41 Å². The number of aliphatic hydroxyl groups excluding tert-OH is 1. The summed E-state index contributed by atoms with van der Waals surface area (Å²) < 4.78 is 0. The van der Waals surface area contributed by atoms with Crippen molar-refractivity contribution in [1.29, 1.82) is 0 Å². The summed E-state index contributed by atoms with van der Waals surface area (Å²) in [5, 5.41) is 9.59. The van der Waals surface area contributed by atoms with E-state index in [1.807, 2.05) is 0 Å². The first-order valence-electron chi connectivity index (χ1n) is 6.68. The summed E-state index contributed by atoms with van der Waals surface area (Å²) in [6.45, 7) is 4.09. The molecule has 1 N–H and O–H groups in total. The topological polar surface area (TPSA) is 23.5 Å². The van der Waals surface area contributed by atoms with E-state index < -0.39 is 0 Å². The number of likely N-dealkylation sites (tertiary alicyclic amines) is 1. The number of hydrogen-bond donors (Lipinski definition) is 1. The summed E-state index contributed by atoms with van der Waals surface area (Å²) in [5.74, 6) is 0. The third-order valence-corrected chi connectivity index (χ3v) is 4.26. The van der Waals surface area contributed by atoms with Gasteiger partial charge in [0.05, 0.1) is 0 Å². The molecule has 0 aromatic carbocycles. The Morgan fingerprint density at radius 1 is 0.867 bits per heavy atom. The Hall–Kier alpha value is -0.0800. The predicted octanol–water partition coefficient (Wildman–Crippen LogP) is 2.42. The van der Waals surface area contributed by atoms with E-state index in [0.717, 1.165) is 6.54 Å². The van der Waals surface area contributed by atoms with Crippen molar-refractivity contribution in [3.8, 4) is 0 Å². The minimum Gasteiger partial charge on any atom is -0.396 e. The van der Waals surface area contributed by atoms with Gasteiger partial charge in [0.1, 0.15) is 0 Å². The summed E-state index contributed by atoms with van der Waals surface area (Å²) in [4.78, 5) is 2.61.